The van der Waals surface area contributed by atoms with Crippen molar-refractivity contribution in [1.29, 1.82) is 0 Å². The van der Waals surface area contributed by atoms with Gasteiger partial charge in [-0.3, -0.25) is 18.9 Å². The van der Waals surface area contributed by atoms with Crippen LogP contribution in [0.1, 0.15) is 24.2 Å². The molecular formula is C16H22N4O3S. The molecule has 1 amide bonds. The van der Waals surface area contributed by atoms with Crippen LogP contribution in [0.5, 0.6) is 0 Å². The molecule has 0 aliphatic carbocycles. The van der Waals surface area contributed by atoms with E-state index < -0.39 is 5.91 Å². The van der Waals surface area contributed by atoms with Gasteiger partial charge in [0.05, 0.1) is 12.7 Å². The van der Waals surface area contributed by atoms with Crippen molar-refractivity contribution in [2.24, 2.45) is 5.92 Å². The number of nitrogens with zero attached hydrogens (tertiary/aromatic N) is 3. The third-order valence-corrected chi connectivity index (χ3v) is 4.69. The number of hydrogen-bond donors (Lipinski definition) is 1. The molecule has 2 aromatic rings. The molecule has 130 valence electrons. The van der Waals surface area contributed by atoms with Gasteiger partial charge in [-0.05, 0) is 5.92 Å². The van der Waals surface area contributed by atoms with Gasteiger partial charge >= 0.3 is 0 Å². The lowest BCUT2D eigenvalue weighted by molar-refractivity contribution is -0.0295. The van der Waals surface area contributed by atoms with Crippen LogP contribution in [0.15, 0.2) is 22.6 Å². The molecule has 0 saturated carbocycles. The number of amides is 1. The van der Waals surface area contributed by atoms with Crippen molar-refractivity contribution < 1.29 is 9.53 Å². The van der Waals surface area contributed by atoms with E-state index >= 15 is 0 Å². The third kappa shape index (κ3) is 3.82. The zero-order valence-electron chi connectivity index (χ0n) is 13.9. The molecule has 2 aromatic heterocycles. The molecule has 7 nitrogen and oxygen atoms in total. The highest BCUT2D eigenvalue weighted by Gasteiger charge is 2.22. The molecule has 1 aliphatic rings. The molecule has 1 atom stereocenters. The van der Waals surface area contributed by atoms with Crippen LogP contribution in [0.3, 0.4) is 0 Å². The predicted molar refractivity (Wildman–Crippen MR) is 92.7 cm³/mol. The maximum atomic E-state index is 12.3. The normalized spacial score (nSPS) is 19.0. The lowest BCUT2D eigenvalue weighted by atomic mass is 10.2. The number of hydrogen-bond acceptors (Lipinski definition) is 6. The molecule has 1 aliphatic heterocycles. The highest BCUT2D eigenvalue weighted by atomic mass is 32.1. The molecule has 1 fully saturated rings. The number of nitrogens with one attached hydrogen (secondary N) is 1. The highest BCUT2D eigenvalue weighted by molar-refractivity contribution is 7.15. The maximum absolute atomic E-state index is 12.3. The minimum absolute atomic E-state index is 0.0537. The molecule has 0 spiro atoms. The van der Waals surface area contributed by atoms with Crippen molar-refractivity contribution in [3.63, 3.8) is 0 Å². The predicted octanol–water partition coefficient (Wildman–Crippen LogP) is 0.843. The Morgan fingerprint density at radius 3 is 3.17 bits per heavy atom. The smallest absolute Gasteiger partial charge is 0.271 e. The molecule has 3 rings (SSSR count). The second-order valence-electron chi connectivity index (χ2n) is 6.39. The summed E-state index contributed by atoms with van der Waals surface area (Å²) in [5, 5.41) is 4.57. The monoisotopic (exact) mass is 350 g/mol. The van der Waals surface area contributed by atoms with Gasteiger partial charge in [-0.25, -0.2) is 4.98 Å². The molecule has 1 saturated heterocycles. The number of ether oxygens (including phenoxy) is 1. The fourth-order valence-electron chi connectivity index (χ4n) is 2.87. The average molecular weight is 350 g/mol. The van der Waals surface area contributed by atoms with E-state index in [1.807, 2.05) is 0 Å². The fraction of sp³-hybridized carbons (Fsp3) is 0.562. The molecule has 3 heterocycles. The van der Waals surface area contributed by atoms with Crippen LogP contribution < -0.4 is 10.9 Å². The largest absolute Gasteiger partial charge is 0.374 e. The molecule has 24 heavy (non-hydrogen) atoms. The number of carbonyl (C=O) groups excluding carboxylic acids is 1. The summed E-state index contributed by atoms with van der Waals surface area (Å²) < 4.78 is 7.10. The topological polar surface area (TPSA) is 75.9 Å². The van der Waals surface area contributed by atoms with Gasteiger partial charge in [-0.1, -0.05) is 13.8 Å². The Morgan fingerprint density at radius 1 is 1.54 bits per heavy atom. The van der Waals surface area contributed by atoms with Crippen molar-refractivity contribution >= 4 is 22.2 Å². The number of thiazole rings is 1. The van der Waals surface area contributed by atoms with Crippen LogP contribution in [-0.4, -0.2) is 59.1 Å². The maximum Gasteiger partial charge on any atom is 0.271 e. The summed E-state index contributed by atoms with van der Waals surface area (Å²) in [6.07, 6.45) is 2.92. The van der Waals surface area contributed by atoms with Crippen molar-refractivity contribution in [1.82, 2.24) is 19.6 Å². The van der Waals surface area contributed by atoms with Crippen LogP contribution in [0.2, 0.25) is 0 Å². The summed E-state index contributed by atoms with van der Waals surface area (Å²) >= 11 is 1.36. The standard InChI is InChI=1S/C16H22N4O3S/c1-11(2)9-19-3-5-23-12(10-19)7-17-14(21)13-8-18-16-20(15(13)22)4-6-24-16/h4,6,8,11-12H,3,5,7,9-10H2,1-2H3,(H,17,21). The van der Waals surface area contributed by atoms with E-state index in [1.165, 1.54) is 21.9 Å². The molecule has 1 N–H and O–H groups in total. The Kier molecular flexibility index (Phi) is 5.27. The Labute approximate surface area is 144 Å². The number of carbonyl (C=O) groups is 1. The number of morpholine rings is 1. The summed E-state index contributed by atoms with van der Waals surface area (Å²) in [6.45, 7) is 8.16. The lowest BCUT2D eigenvalue weighted by Crippen LogP contribution is -2.48. The minimum Gasteiger partial charge on any atom is -0.374 e. The molecule has 0 bridgehead atoms. The van der Waals surface area contributed by atoms with E-state index in [4.69, 9.17) is 4.74 Å². The first-order valence-electron chi connectivity index (χ1n) is 8.11. The Hall–Kier alpha value is -1.77. The summed E-state index contributed by atoms with van der Waals surface area (Å²) in [6, 6.07) is 0. The first-order valence-corrected chi connectivity index (χ1v) is 8.99. The number of aromatic nitrogens is 2. The molecular weight excluding hydrogens is 328 g/mol. The average Bonchev–Trinajstić information content (AvgIpc) is 3.02. The van der Waals surface area contributed by atoms with Gasteiger partial charge < -0.3 is 10.1 Å². The van der Waals surface area contributed by atoms with Crippen LogP contribution >= 0.6 is 11.3 Å². The van der Waals surface area contributed by atoms with E-state index in [2.05, 4.69) is 29.0 Å². The van der Waals surface area contributed by atoms with E-state index in [0.717, 1.165) is 19.6 Å². The van der Waals surface area contributed by atoms with E-state index in [0.29, 0.717) is 24.0 Å². The summed E-state index contributed by atoms with van der Waals surface area (Å²) in [4.78, 5) is 31.7. The van der Waals surface area contributed by atoms with Crippen LogP contribution in [-0.2, 0) is 4.74 Å². The van der Waals surface area contributed by atoms with E-state index in [9.17, 15) is 9.59 Å². The van der Waals surface area contributed by atoms with Crippen molar-refractivity contribution in [3.8, 4) is 0 Å². The van der Waals surface area contributed by atoms with Crippen molar-refractivity contribution in [3.05, 3.63) is 33.7 Å². The number of rotatable bonds is 5. The fourth-order valence-corrected chi connectivity index (χ4v) is 3.54. The Balaban J connectivity index is 1.60. The van der Waals surface area contributed by atoms with Gasteiger partial charge in [0.15, 0.2) is 4.96 Å². The minimum atomic E-state index is -0.405. The van der Waals surface area contributed by atoms with Crippen LogP contribution in [0.4, 0.5) is 0 Å². The lowest BCUT2D eigenvalue weighted by Gasteiger charge is -2.33. The SMILES string of the molecule is CC(C)CN1CCOC(CNC(=O)c2cnc3sccn3c2=O)C1. The second kappa shape index (κ2) is 7.42. The van der Waals surface area contributed by atoms with Crippen molar-refractivity contribution in [2.45, 2.75) is 20.0 Å². The quantitative estimate of drug-likeness (QED) is 0.865. The Bertz CT molecular complexity index is 770. The highest BCUT2D eigenvalue weighted by Crippen LogP contribution is 2.08. The summed E-state index contributed by atoms with van der Waals surface area (Å²) in [5.41, 5.74) is -0.287. The Morgan fingerprint density at radius 2 is 2.38 bits per heavy atom. The zero-order valence-corrected chi connectivity index (χ0v) is 14.7. The van der Waals surface area contributed by atoms with Gasteiger partial charge in [0.2, 0.25) is 0 Å². The second-order valence-corrected chi connectivity index (χ2v) is 7.26. The van der Waals surface area contributed by atoms with E-state index in [-0.39, 0.29) is 17.2 Å². The number of fused-ring (bicyclic) bond motifs is 1. The van der Waals surface area contributed by atoms with Gasteiger partial charge in [-0.2, -0.15) is 0 Å². The summed E-state index contributed by atoms with van der Waals surface area (Å²) in [7, 11) is 0. The van der Waals surface area contributed by atoms with Crippen LogP contribution in [0, 0.1) is 5.92 Å². The van der Waals surface area contributed by atoms with Gasteiger partial charge in [-0.15, -0.1) is 11.3 Å². The zero-order chi connectivity index (χ0) is 17.1. The molecule has 1 unspecified atom stereocenters. The third-order valence-electron chi connectivity index (χ3n) is 3.92. The van der Waals surface area contributed by atoms with E-state index in [1.54, 1.807) is 11.6 Å². The first-order chi connectivity index (χ1) is 11.5. The molecule has 8 heteroatoms. The van der Waals surface area contributed by atoms with Gasteiger partial charge in [0.1, 0.15) is 5.56 Å². The molecule has 0 radical (unpaired) electrons. The molecule has 0 aromatic carbocycles. The van der Waals surface area contributed by atoms with Crippen molar-refractivity contribution in [2.75, 3.05) is 32.8 Å². The van der Waals surface area contributed by atoms with Crippen LogP contribution in [0.25, 0.3) is 4.96 Å². The first kappa shape index (κ1) is 17.1. The summed E-state index contributed by atoms with van der Waals surface area (Å²) in [5.74, 6) is 0.194. The van der Waals surface area contributed by atoms with Gasteiger partial charge in [0.25, 0.3) is 11.5 Å². The van der Waals surface area contributed by atoms with Gasteiger partial charge in [0, 0.05) is 44.0 Å².